The Morgan fingerprint density at radius 1 is 1.50 bits per heavy atom. The van der Waals surface area contributed by atoms with Crippen molar-refractivity contribution >= 4 is 17.5 Å². The number of hydrogen-bond donors (Lipinski definition) is 1. The van der Waals surface area contributed by atoms with Crippen LogP contribution in [0.25, 0.3) is 0 Å². The van der Waals surface area contributed by atoms with E-state index in [1.54, 1.807) is 6.07 Å². The van der Waals surface area contributed by atoms with Crippen molar-refractivity contribution < 1.29 is 9.18 Å². The fourth-order valence-electron chi connectivity index (χ4n) is 1.86. The Hall–Kier alpha value is -1.09. The van der Waals surface area contributed by atoms with Crippen LogP contribution in [0.4, 0.5) is 4.39 Å². The SMILES string of the molecule is O=C(CCl)NC1(Cc2cccc(F)c2)CC1. The number of rotatable bonds is 4. The molecule has 1 aliphatic rings. The summed E-state index contributed by atoms with van der Waals surface area (Å²) < 4.78 is 13.0. The van der Waals surface area contributed by atoms with E-state index in [-0.39, 0.29) is 23.1 Å². The highest BCUT2D eigenvalue weighted by Gasteiger charge is 2.43. The maximum absolute atomic E-state index is 13.0. The van der Waals surface area contributed by atoms with Crippen LogP contribution in [-0.2, 0) is 11.2 Å². The fraction of sp³-hybridized carbons (Fsp3) is 0.417. The van der Waals surface area contributed by atoms with Gasteiger partial charge in [0.2, 0.25) is 5.91 Å². The molecule has 1 amide bonds. The number of carbonyl (C=O) groups is 1. The van der Waals surface area contributed by atoms with Crippen molar-refractivity contribution in [1.82, 2.24) is 5.32 Å². The van der Waals surface area contributed by atoms with Crippen LogP contribution in [0.1, 0.15) is 18.4 Å². The molecule has 0 spiro atoms. The lowest BCUT2D eigenvalue weighted by molar-refractivity contribution is -0.119. The van der Waals surface area contributed by atoms with Gasteiger partial charge < -0.3 is 5.32 Å². The van der Waals surface area contributed by atoms with Gasteiger partial charge in [-0.2, -0.15) is 0 Å². The van der Waals surface area contributed by atoms with E-state index in [1.165, 1.54) is 12.1 Å². The average molecular weight is 242 g/mol. The van der Waals surface area contributed by atoms with Gasteiger partial charge in [0.15, 0.2) is 0 Å². The lowest BCUT2D eigenvalue weighted by Gasteiger charge is -2.16. The first-order valence-corrected chi connectivity index (χ1v) is 5.78. The molecule has 0 heterocycles. The molecule has 0 saturated heterocycles. The number of hydrogen-bond acceptors (Lipinski definition) is 1. The minimum absolute atomic E-state index is 0.0229. The third kappa shape index (κ3) is 2.73. The van der Waals surface area contributed by atoms with Gasteiger partial charge in [-0.15, -0.1) is 11.6 Å². The van der Waals surface area contributed by atoms with Crippen LogP contribution in [0.5, 0.6) is 0 Å². The molecule has 1 N–H and O–H groups in total. The Bertz CT molecular complexity index is 404. The highest BCUT2D eigenvalue weighted by atomic mass is 35.5. The molecule has 1 aliphatic carbocycles. The number of nitrogens with one attached hydrogen (secondary N) is 1. The summed E-state index contributed by atoms with van der Waals surface area (Å²) in [6.45, 7) is 0. The van der Waals surface area contributed by atoms with Gasteiger partial charge in [-0.1, -0.05) is 12.1 Å². The number of benzene rings is 1. The zero-order valence-corrected chi connectivity index (χ0v) is 9.56. The molecule has 2 rings (SSSR count). The molecule has 86 valence electrons. The normalized spacial score (nSPS) is 16.9. The van der Waals surface area contributed by atoms with Crippen LogP contribution < -0.4 is 5.32 Å². The van der Waals surface area contributed by atoms with Crippen LogP contribution in [0.15, 0.2) is 24.3 Å². The number of amides is 1. The molecule has 0 aliphatic heterocycles. The van der Waals surface area contributed by atoms with Crippen LogP contribution >= 0.6 is 11.6 Å². The Morgan fingerprint density at radius 3 is 2.81 bits per heavy atom. The minimum atomic E-state index is -0.239. The third-order valence-electron chi connectivity index (χ3n) is 2.81. The Labute approximate surface area is 98.8 Å². The van der Waals surface area contributed by atoms with Gasteiger partial charge in [0.1, 0.15) is 11.7 Å². The topological polar surface area (TPSA) is 29.1 Å². The number of carbonyl (C=O) groups excluding carboxylic acids is 1. The smallest absolute Gasteiger partial charge is 0.235 e. The lowest BCUT2D eigenvalue weighted by Crippen LogP contribution is -2.39. The standard InChI is InChI=1S/C12H13ClFNO/c13-8-11(16)15-12(4-5-12)7-9-2-1-3-10(14)6-9/h1-3,6H,4-5,7-8H2,(H,15,16). The molecule has 0 aromatic heterocycles. The number of alkyl halides is 1. The molecule has 0 unspecified atom stereocenters. The second kappa shape index (κ2) is 4.42. The van der Waals surface area contributed by atoms with E-state index < -0.39 is 0 Å². The van der Waals surface area contributed by atoms with Crippen molar-refractivity contribution in [3.8, 4) is 0 Å². The monoisotopic (exact) mass is 241 g/mol. The molecule has 0 atom stereocenters. The van der Waals surface area contributed by atoms with E-state index in [4.69, 9.17) is 11.6 Å². The minimum Gasteiger partial charge on any atom is -0.349 e. The van der Waals surface area contributed by atoms with Crippen molar-refractivity contribution in [2.45, 2.75) is 24.8 Å². The first-order chi connectivity index (χ1) is 7.63. The fourth-order valence-corrected chi connectivity index (χ4v) is 1.93. The zero-order chi connectivity index (χ0) is 11.6. The van der Waals surface area contributed by atoms with Crippen LogP contribution in [-0.4, -0.2) is 17.3 Å². The van der Waals surface area contributed by atoms with E-state index in [9.17, 15) is 9.18 Å². The molecule has 0 radical (unpaired) electrons. The van der Waals surface area contributed by atoms with E-state index in [1.807, 2.05) is 6.07 Å². The van der Waals surface area contributed by atoms with Crippen molar-refractivity contribution in [3.05, 3.63) is 35.6 Å². The van der Waals surface area contributed by atoms with Crippen molar-refractivity contribution in [2.75, 3.05) is 5.88 Å². The first kappa shape index (κ1) is 11.4. The van der Waals surface area contributed by atoms with E-state index in [0.29, 0.717) is 6.42 Å². The molecular weight excluding hydrogens is 229 g/mol. The van der Waals surface area contributed by atoms with Crippen molar-refractivity contribution in [1.29, 1.82) is 0 Å². The molecule has 1 saturated carbocycles. The molecule has 16 heavy (non-hydrogen) atoms. The molecule has 4 heteroatoms. The average Bonchev–Trinajstić information content (AvgIpc) is 2.97. The molecule has 2 nitrogen and oxygen atoms in total. The van der Waals surface area contributed by atoms with Crippen LogP contribution in [0.3, 0.4) is 0 Å². The summed E-state index contributed by atoms with van der Waals surface area (Å²) in [6, 6.07) is 6.48. The first-order valence-electron chi connectivity index (χ1n) is 5.25. The van der Waals surface area contributed by atoms with Gasteiger partial charge in [-0.3, -0.25) is 4.79 Å². The zero-order valence-electron chi connectivity index (χ0n) is 8.80. The van der Waals surface area contributed by atoms with Gasteiger partial charge in [0, 0.05) is 5.54 Å². The molecule has 0 bridgehead atoms. The van der Waals surface area contributed by atoms with Gasteiger partial charge in [0.25, 0.3) is 0 Å². The highest BCUT2D eigenvalue weighted by Crippen LogP contribution is 2.38. The summed E-state index contributed by atoms with van der Waals surface area (Å²) in [5.41, 5.74) is 0.729. The number of halogens is 2. The summed E-state index contributed by atoms with van der Waals surface area (Å²) in [7, 11) is 0. The Kier molecular flexibility index (Phi) is 3.15. The van der Waals surface area contributed by atoms with Gasteiger partial charge in [-0.05, 0) is 37.0 Å². The second-order valence-electron chi connectivity index (χ2n) is 4.27. The summed E-state index contributed by atoms with van der Waals surface area (Å²) in [4.78, 5) is 11.2. The second-order valence-corrected chi connectivity index (χ2v) is 4.54. The summed E-state index contributed by atoms with van der Waals surface area (Å²) in [5.74, 6) is -0.419. The molecule has 1 fully saturated rings. The predicted octanol–water partition coefficient (Wildman–Crippen LogP) is 2.26. The Morgan fingerprint density at radius 2 is 2.25 bits per heavy atom. The van der Waals surface area contributed by atoms with E-state index >= 15 is 0 Å². The summed E-state index contributed by atoms with van der Waals surface area (Å²) in [5, 5.41) is 2.89. The van der Waals surface area contributed by atoms with E-state index in [0.717, 1.165) is 18.4 Å². The van der Waals surface area contributed by atoms with E-state index in [2.05, 4.69) is 5.32 Å². The summed E-state index contributed by atoms with van der Waals surface area (Å²) >= 11 is 5.44. The van der Waals surface area contributed by atoms with Crippen LogP contribution in [0, 0.1) is 5.82 Å². The maximum Gasteiger partial charge on any atom is 0.235 e. The quantitative estimate of drug-likeness (QED) is 0.805. The molecule has 1 aromatic rings. The maximum atomic E-state index is 13.0. The molecule has 1 aromatic carbocycles. The lowest BCUT2D eigenvalue weighted by atomic mass is 10.0. The Balaban J connectivity index is 2.01. The third-order valence-corrected chi connectivity index (χ3v) is 3.05. The highest BCUT2D eigenvalue weighted by molar-refractivity contribution is 6.27. The summed E-state index contributed by atoms with van der Waals surface area (Å²) in [6.07, 6.45) is 2.55. The van der Waals surface area contributed by atoms with Gasteiger partial charge in [-0.25, -0.2) is 4.39 Å². The molecular formula is C12H13ClFNO. The van der Waals surface area contributed by atoms with Gasteiger partial charge >= 0.3 is 0 Å². The van der Waals surface area contributed by atoms with Crippen molar-refractivity contribution in [3.63, 3.8) is 0 Å². The largest absolute Gasteiger partial charge is 0.349 e. The van der Waals surface area contributed by atoms with Crippen LogP contribution in [0.2, 0.25) is 0 Å². The van der Waals surface area contributed by atoms with Crippen molar-refractivity contribution in [2.24, 2.45) is 0 Å². The predicted molar refractivity (Wildman–Crippen MR) is 60.9 cm³/mol. The van der Waals surface area contributed by atoms with Gasteiger partial charge in [0.05, 0.1) is 0 Å².